The molecule has 3 rings (SSSR count). The second-order valence-corrected chi connectivity index (χ2v) is 4.60. The molecule has 0 saturated carbocycles. The van der Waals surface area contributed by atoms with Gasteiger partial charge in [-0.2, -0.15) is 0 Å². The molecule has 2 N–H and O–H groups in total. The van der Waals surface area contributed by atoms with E-state index in [9.17, 15) is 0 Å². The molecule has 1 aromatic heterocycles. The topological polar surface area (TPSA) is 38.9 Å². The van der Waals surface area contributed by atoms with E-state index in [0.29, 0.717) is 5.92 Å². The molecular weight excluding hydrogens is 172 g/mol. The Bertz CT molecular complexity index is 396. The lowest BCUT2D eigenvalue weighted by molar-refractivity contribution is 0.746. The normalized spacial score (nSPS) is 23.6. The van der Waals surface area contributed by atoms with E-state index in [1.54, 1.807) is 0 Å². The van der Waals surface area contributed by atoms with Crippen LogP contribution < -0.4 is 5.73 Å². The smallest absolute Gasteiger partial charge is 0.0462 e. The highest BCUT2D eigenvalue weighted by Gasteiger charge is 2.27. The highest BCUT2D eigenvalue weighted by Crippen LogP contribution is 2.40. The second kappa shape index (κ2) is 2.72. The van der Waals surface area contributed by atoms with Crippen LogP contribution in [0, 0.1) is 0 Å². The maximum absolute atomic E-state index is 6.24. The Morgan fingerprint density at radius 1 is 1.21 bits per heavy atom. The second-order valence-electron chi connectivity index (χ2n) is 4.60. The Balaban J connectivity index is 2.25. The van der Waals surface area contributed by atoms with Gasteiger partial charge in [0.1, 0.15) is 0 Å². The summed E-state index contributed by atoms with van der Waals surface area (Å²) in [5.41, 5.74) is 12.6. The molecule has 0 radical (unpaired) electrons. The molecule has 1 aromatic rings. The number of fused-ring (bicyclic) bond motifs is 2. The zero-order valence-electron chi connectivity index (χ0n) is 8.64. The summed E-state index contributed by atoms with van der Waals surface area (Å²) >= 11 is 0. The number of aromatic nitrogens is 1. The summed E-state index contributed by atoms with van der Waals surface area (Å²) in [6.07, 6.45) is 5.89. The lowest BCUT2D eigenvalue weighted by Crippen LogP contribution is -2.04. The predicted octanol–water partition coefficient (Wildman–Crippen LogP) is 2.20. The van der Waals surface area contributed by atoms with Gasteiger partial charge in [-0.3, -0.25) is 4.98 Å². The summed E-state index contributed by atoms with van der Waals surface area (Å²) in [6.45, 7) is 2.27. The minimum absolute atomic E-state index is 0.628. The van der Waals surface area contributed by atoms with Crippen molar-refractivity contribution >= 4 is 5.69 Å². The van der Waals surface area contributed by atoms with Gasteiger partial charge in [0.25, 0.3) is 0 Å². The minimum Gasteiger partial charge on any atom is -0.398 e. The Labute approximate surface area is 84.5 Å². The van der Waals surface area contributed by atoms with Crippen LogP contribution in [0.25, 0.3) is 0 Å². The molecule has 0 aromatic carbocycles. The summed E-state index contributed by atoms with van der Waals surface area (Å²) in [5, 5.41) is 0. The van der Waals surface area contributed by atoms with Crippen molar-refractivity contribution in [1.82, 2.24) is 4.98 Å². The third kappa shape index (κ3) is 0.941. The van der Waals surface area contributed by atoms with Crippen molar-refractivity contribution in [3.05, 3.63) is 22.5 Å². The van der Waals surface area contributed by atoms with E-state index in [0.717, 1.165) is 24.9 Å². The molecule has 0 saturated heterocycles. The summed E-state index contributed by atoms with van der Waals surface area (Å²) in [7, 11) is 0. The lowest BCUT2D eigenvalue weighted by Gasteiger charge is -2.12. The standard InChI is InChI=1S/C12H16N2/c1-7-5-6-10-11(7)12(13)8-3-2-4-9(8)14-10/h7H,2-6H2,1H3,(H2,13,14). The monoisotopic (exact) mass is 188 g/mol. The summed E-state index contributed by atoms with van der Waals surface area (Å²) in [6, 6.07) is 0. The van der Waals surface area contributed by atoms with Gasteiger partial charge >= 0.3 is 0 Å². The van der Waals surface area contributed by atoms with E-state index in [4.69, 9.17) is 10.7 Å². The van der Waals surface area contributed by atoms with Crippen LogP contribution in [0.4, 0.5) is 5.69 Å². The molecule has 14 heavy (non-hydrogen) atoms. The van der Waals surface area contributed by atoms with Gasteiger partial charge < -0.3 is 5.73 Å². The van der Waals surface area contributed by atoms with Crippen LogP contribution in [-0.2, 0) is 19.3 Å². The zero-order chi connectivity index (χ0) is 9.71. The number of pyridine rings is 1. The van der Waals surface area contributed by atoms with Gasteiger partial charge in [-0.1, -0.05) is 6.92 Å². The largest absolute Gasteiger partial charge is 0.398 e. The summed E-state index contributed by atoms with van der Waals surface area (Å²) in [5.74, 6) is 0.628. The lowest BCUT2D eigenvalue weighted by atomic mass is 10.00. The van der Waals surface area contributed by atoms with E-state index >= 15 is 0 Å². The number of rotatable bonds is 0. The summed E-state index contributed by atoms with van der Waals surface area (Å²) in [4.78, 5) is 4.77. The molecule has 0 fully saturated rings. The van der Waals surface area contributed by atoms with E-state index in [2.05, 4.69) is 6.92 Å². The van der Waals surface area contributed by atoms with Gasteiger partial charge in [0.15, 0.2) is 0 Å². The molecule has 2 heteroatoms. The predicted molar refractivity (Wildman–Crippen MR) is 57.4 cm³/mol. The van der Waals surface area contributed by atoms with Crippen molar-refractivity contribution in [1.29, 1.82) is 0 Å². The van der Waals surface area contributed by atoms with Crippen molar-refractivity contribution in [2.75, 3.05) is 5.73 Å². The Morgan fingerprint density at radius 2 is 2.07 bits per heavy atom. The van der Waals surface area contributed by atoms with Crippen LogP contribution >= 0.6 is 0 Å². The fourth-order valence-corrected chi connectivity index (χ4v) is 2.92. The fraction of sp³-hybridized carbons (Fsp3) is 0.583. The van der Waals surface area contributed by atoms with Gasteiger partial charge in [0.2, 0.25) is 0 Å². The SMILES string of the molecule is CC1CCc2nc3c(c(N)c21)CCC3. The Hall–Kier alpha value is -1.05. The van der Waals surface area contributed by atoms with Crippen LogP contribution in [0.5, 0.6) is 0 Å². The van der Waals surface area contributed by atoms with Crippen molar-refractivity contribution in [3.63, 3.8) is 0 Å². The van der Waals surface area contributed by atoms with Gasteiger partial charge in [0, 0.05) is 17.1 Å². The molecule has 1 heterocycles. The number of anilines is 1. The molecule has 74 valence electrons. The minimum atomic E-state index is 0.628. The third-order valence-electron chi connectivity index (χ3n) is 3.69. The first kappa shape index (κ1) is 8.27. The molecule has 2 aliphatic carbocycles. The van der Waals surface area contributed by atoms with Gasteiger partial charge in [-0.05, 0) is 49.1 Å². The molecule has 0 amide bonds. The number of aryl methyl sites for hydroxylation is 2. The first-order valence-electron chi connectivity index (χ1n) is 5.57. The average Bonchev–Trinajstić information content (AvgIpc) is 2.74. The van der Waals surface area contributed by atoms with Crippen LogP contribution in [0.3, 0.4) is 0 Å². The van der Waals surface area contributed by atoms with Crippen LogP contribution in [0.2, 0.25) is 0 Å². The van der Waals surface area contributed by atoms with Gasteiger partial charge in [-0.15, -0.1) is 0 Å². The molecule has 1 atom stereocenters. The first-order valence-corrected chi connectivity index (χ1v) is 5.57. The van der Waals surface area contributed by atoms with Crippen LogP contribution in [0.15, 0.2) is 0 Å². The molecule has 0 aliphatic heterocycles. The van der Waals surface area contributed by atoms with E-state index in [1.807, 2.05) is 0 Å². The number of nitrogen functional groups attached to an aromatic ring is 1. The van der Waals surface area contributed by atoms with Crippen LogP contribution in [-0.4, -0.2) is 4.98 Å². The number of nitrogens with two attached hydrogens (primary N) is 1. The number of nitrogens with zero attached hydrogens (tertiary/aromatic N) is 1. The van der Waals surface area contributed by atoms with Crippen molar-refractivity contribution in [2.24, 2.45) is 0 Å². The molecule has 0 bridgehead atoms. The van der Waals surface area contributed by atoms with Crippen molar-refractivity contribution < 1.29 is 0 Å². The quantitative estimate of drug-likeness (QED) is 0.678. The molecule has 2 aliphatic rings. The van der Waals surface area contributed by atoms with E-state index in [-0.39, 0.29) is 0 Å². The Kier molecular flexibility index (Phi) is 1.61. The maximum Gasteiger partial charge on any atom is 0.0462 e. The van der Waals surface area contributed by atoms with Crippen molar-refractivity contribution in [2.45, 2.75) is 44.9 Å². The maximum atomic E-state index is 6.24. The van der Waals surface area contributed by atoms with Crippen LogP contribution in [0.1, 0.15) is 48.2 Å². The van der Waals surface area contributed by atoms with Gasteiger partial charge in [-0.25, -0.2) is 0 Å². The molecule has 0 spiro atoms. The number of hydrogen-bond donors (Lipinski definition) is 1. The molecule has 1 unspecified atom stereocenters. The average molecular weight is 188 g/mol. The molecule has 2 nitrogen and oxygen atoms in total. The molecular formula is C12H16N2. The Morgan fingerprint density at radius 3 is 2.93 bits per heavy atom. The highest BCUT2D eigenvalue weighted by atomic mass is 14.8. The third-order valence-corrected chi connectivity index (χ3v) is 3.69. The zero-order valence-corrected chi connectivity index (χ0v) is 8.64. The van der Waals surface area contributed by atoms with Crippen molar-refractivity contribution in [3.8, 4) is 0 Å². The number of hydrogen-bond acceptors (Lipinski definition) is 2. The summed E-state index contributed by atoms with van der Waals surface area (Å²) < 4.78 is 0. The first-order chi connectivity index (χ1) is 6.77. The van der Waals surface area contributed by atoms with Gasteiger partial charge in [0.05, 0.1) is 0 Å². The fourth-order valence-electron chi connectivity index (χ4n) is 2.92. The van der Waals surface area contributed by atoms with E-state index in [1.165, 1.54) is 35.4 Å². The highest BCUT2D eigenvalue weighted by molar-refractivity contribution is 5.61. The van der Waals surface area contributed by atoms with E-state index < -0.39 is 0 Å².